The lowest BCUT2D eigenvalue weighted by molar-refractivity contribution is -0.135. The van der Waals surface area contributed by atoms with E-state index in [9.17, 15) is 37.5 Å². The number of thiazole rings is 1. The van der Waals surface area contributed by atoms with Crippen LogP contribution in [0, 0.1) is 29.8 Å². The fourth-order valence-corrected chi connectivity index (χ4v) is 11.1. The van der Waals surface area contributed by atoms with Gasteiger partial charge in [0.25, 0.3) is 5.91 Å². The van der Waals surface area contributed by atoms with Crippen LogP contribution < -0.4 is 21.2 Å². The lowest BCUT2D eigenvalue weighted by Crippen LogP contribution is -2.49. The number of amides is 3. The highest BCUT2D eigenvalue weighted by Crippen LogP contribution is 2.58. The highest BCUT2D eigenvalue weighted by Gasteiger charge is 2.51. The second kappa shape index (κ2) is 16.3. The molecule has 0 radical (unpaired) electrons. The molecule has 5 heterocycles. The van der Waals surface area contributed by atoms with E-state index in [0.29, 0.717) is 24.0 Å². The molecule has 5 aromatic rings. The molecule has 2 aliphatic heterocycles. The van der Waals surface area contributed by atoms with Gasteiger partial charge >= 0.3 is 5.69 Å². The number of hydrogen-bond acceptors (Lipinski definition) is 11. The van der Waals surface area contributed by atoms with Gasteiger partial charge in [0.1, 0.15) is 11.7 Å². The number of phenolic OH excluding ortho intramolecular Hbond substituents is 1. The number of benzene rings is 2. The third-order valence-electron chi connectivity index (χ3n) is 13.8. The van der Waals surface area contributed by atoms with Crippen LogP contribution in [0.25, 0.3) is 22.4 Å². The van der Waals surface area contributed by atoms with Crippen LogP contribution in [0.3, 0.4) is 0 Å². The van der Waals surface area contributed by atoms with Crippen molar-refractivity contribution in [1.29, 1.82) is 0 Å². The third kappa shape index (κ3) is 7.54. The smallest absolute Gasteiger partial charge is 0.329 e. The molecule has 10 rings (SSSR count). The number of halogens is 3. The highest BCUT2D eigenvalue weighted by molar-refractivity contribution is 7.12. The Morgan fingerprint density at radius 3 is 2.44 bits per heavy atom. The summed E-state index contributed by atoms with van der Waals surface area (Å²) in [6.07, 6.45) is 9.19. The van der Waals surface area contributed by atoms with Crippen LogP contribution in [0.2, 0.25) is 0 Å². The van der Waals surface area contributed by atoms with Gasteiger partial charge in [-0.1, -0.05) is 6.07 Å². The van der Waals surface area contributed by atoms with Gasteiger partial charge in [-0.2, -0.15) is 4.39 Å². The van der Waals surface area contributed by atoms with Crippen LogP contribution in [-0.2, 0) is 28.5 Å². The molecule has 2 aromatic carbocycles. The average molecular weight is 872 g/mol. The summed E-state index contributed by atoms with van der Waals surface area (Å²) < 4.78 is 45.2. The Kier molecular flexibility index (Phi) is 10.9. The molecule has 18 heteroatoms. The van der Waals surface area contributed by atoms with Crippen molar-refractivity contribution in [2.45, 2.75) is 82.6 Å². The Balaban J connectivity index is 0.777. The van der Waals surface area contributed by atoms with Crippen LogP contribution in [0.15, 0.2) is 41.3 Å². The first-order valence-electron chi connectivity index (χ1n) is 21.2. The second-order valence-electron chi connectivity index (χ2n) is 17.4. The molecule has 2 bridgehead atoms. The number of aryl methyl sites for hydroxylation is 3. The number of aromatic nitrogens is 5. The van der Waals surface area contributed by atoms with E-state index in [2.05, 4.69) is 32.3 Å². The molecule has 5 fully saturated rings. The SMILES string of the molecule is Cc1sc(C23CCC(CNC(=O)c4cc(F)c(O)c(F)c4F)(CC2)CC3)nc1-c1ccnc(N2CCN(CCCc3ccc4c(c3)n(C)c(=O)n4C3CCC(=O)NC3=O)CC2)n1. The van der Waals surface area contributed by atoms with Gasteiger partial charge in [0.15, 0.2) is 17.4 Å². The van der Waals surface area contributed by atoms with E-state index >= 15 is 0 Å². The predicted molar refractivity (Wildman–Crippen MR) is 226 cm³/mol. The minimum absolute atomic E-state index is 0.0875. The Morgan fingerprint density at radius 1 is 0.968 bits per heavy atom. The van der Waals surface area contributed by atoms with E-state index in [0.717, 1.165) is 116 Å². The Hall–Kier alpha value is -5.62. The summed E-state index contributed by atoms with van der Waals surface area (Å²) in [6.45, 7) is 6.57. The number of imide groups is 1. The summed E-state index contributed by atoms with van der Waals surface area (Å²) in [5.74, 6) is -7.18. The number of fused-ring (bicyclic) bond motifs is 4. The molecule has 326 valence electrons. The lowest BCUT2D eigenvalue weighted by atomic mass is 9.54. The number of nitrogens with zero attached hydrogens (tertiary/aromatic N) is 7. The van der Waals surface area contributed by atoms with Crippen molar-refractivity contribution >= 4 is 46.0 Å². The summed E-state index contributed by atoms with van der Waals surface area (Å²) in [7, 11) is 1.71. The van der Waals surface area contributed by atoms with Gasteiger partial charge in [0.2, 0.25) is 23.6 Å². The fraction of sp³-hybridized carbons (Fsp3) is 0.477. The maximum Gasteiger partial charge on any atom is 0.329 e. The van der Waals surface area contributed by atoms with Gasteiger partial charge in [-0.3, -0.25) is 33.7 Å². The number of phenols is 1. The monoisotopic (exact) mass is 871 g/mol. The van der Waals surface area contributed by atoms with Gasteiger partial charge in [-0.05, 0) is 106 Å². The van der Waals surface area contributed by atoms with Gasteiger partial charge in [0, 0.05) is 62.7 Å². The largest absolute Gasteiger partial charge is 0.503 e. The van der Waals surface area contributed by atoms with E-state index in [4.69, 9.17) is 9.97 Å². The number of nitrogens with one attached hydrogen (secondary N) is 2. The first-order chi connectivity index (χ1) is 29.7. The highest BCUT2D eigenvalue weighted by atomic mass is 32.1. The lowest BCUT2D eigenvalue weighted by Gasteiger charge is -2.52. The van der Waals surface area contributed by atoms with Gasteiger partial charge < -0.3 is 15.3 Å². The number of carbonyl (C=O) groups excluding carboxylic acids is 3. The minimum atomic E-state index is -1.78. The second-order valence-corrected chi connectivity index (χ2v) is 18.6. The molecule has 3 N–H and O–H groups in total. The molecule has 14 nitrogen and oxygen atoms in total. The van der Waals surface area contributed by atoms with Crippen LogP contribution in [0.5, 0.6) is 5.75 Å². The van der Waals surface area contributed by atoms with E-state index in [1.54, 1.807) is 29.1 Å². The molecule has 62 heavy (non-hydrogen) atoms. The van der Waals surface area contributed by atoms with Crippen molar-refractivity contribution < 1.29 is 32.7 Å². The van der Waals surface area contributed by atoms with Crippen LogP contribution >= 0.6 is 11.3 Å². The standard InChI is InChI=1S/C44H48F3N9O5S/c1-25-36(52-40(62-25)44-13-10-43(11-14-44,12-15-44)24-49-38(59)27-23-28(45)37(58)35(47)34(27)46)29-9-16-48-41(50-29)55-20-18-54(19-21-55)17-3-4-26-5-6-30-32(22-26)53(2)42(61)56(30)31-7-8-33(57)51-39(31)60/h5-6,9,16,22-23,31,58H,3-4,7-8,10-15,17-21,24H2,1-2H3,(H,49,59)(H,51,57,60). The number of imidazole rings is 1. The normalized spacial score (nSPS) is 23.0. The third-order valence-corrected chi connectivity index (χ3v) is 15.0. The average Bonchev–Trinajstić information content (AvgIpc) is 3.80. The van der Waals surface area contributed by atoms with E-state index in [1.807, 2.05) is 24.3 Å². The molecule has 1 unspecified atom stereocenters. The van der Waals surface area contributed by atoms with Crippen molar-refractivity contribution in [3.05, 3.63) is 85.5 Å². The van der Waals surface area contributed by atoms with E-state index in [1.165, 1.54) is 4.57 Å². The maximum atomic E-state index is 14.3. The van der Waals surface area contributed by atoms with Crippen molar-refractivity contribution in [2.24, 2.45) is 12.5 Å². The van der Waals surface area contributed by atoms with Crippen molar-refractivity contribution in [3.8, 4) is 17.1 Å². The van der Waals surface area contributed by atoms with E-state index < -0.39 is 46.6 Å². The number of piperidine rings is 1. The quantitative estimate of drug-likeness (QED) is 0.115. The molecule has 5 aliphatic rings. The number of rotatable bonds is 11. The van der Waals surface area contributed by atoms with Crippen LogP contribution in [0.4, 0.5) is 19.1 Å². The van der Waals surface area contributed by atoms with Gasteiger partial charge in [-0.15, -0.1) is 11.3 Å². The zero-order valence-corrected chi connectivity index (χ0v) is 35.4. The Bertz CT molecular complexity index is 2650. The Labute approximate surface area is 359 Å². The Morgan fingerprint density at radius 2 is 1.71 bits per heavy atom. The molecule has 1 atom stereocenters. The summed E-state index contributed by atoms with van der Waals surface area (Å²) in [5, 5.41) is 15.5. The van der Waals surface area contributed by atoms with Crippen molar-refractivity contribution in [3.63, 3.8) is 0 Å². The summed E-state index contributed by atoms with van der Waals surface area (Å²) in [4.78, 5) is 70.8. The number of piperazine rings is 1. The van der Waals surface area contributed by atoms with E-state index in [-0.39, 0.29) is 35.4 Å². The summed E-state index contributed by atoms with van der Waals surface area (Å²) >= 11 is 1.70. The zero-order valence-electron chi connectivity index (χ0n) is 34.6. The molecule has 0 spiro atoms. The van der Waals surface area contributed by atoms with Gasteiger partial charge in [0.05, 0.1) is 27.3 Å². The van der Waals surface area contributed by atoms with Crippen LogP contribution in [-0.4, -0.2) is 91.1 Å². The topological polar surface area (TPSA) is 168 Å². The number of hydrogen-bond donors (Lipinski definition) is 3. The molecule has 3 amide bonds. The zero-order chi connectivity index (χ0) is 43.5. The summed E-state index contributed by atoms with van der Waals surface area (Å²) in [6, 6.07) is 7.67. The molecule has 2 saturated heterocycles. The molecule has 3 aromatic heterocycles. The molecular weight excluding hydrogens is 824 g/mol. The number of carbonyl (C=O) groups is 3. The van der Waals surface area contributed by atoms with Gasteiger partial charge in [-0.25, -0.2) is 28.5 Å². The molecule has 3 aliphatic carbocycles. The molecular formula is C44H48F3N9O5S. The number of aromatic hydroxyl groups is 1. The summed E-state index contributed by atoms with van der Waals surface area (Å²) in [5.41, 5.74) is 2.88. The number of anilines is 1. The first-order valence-corrected chi connectivity index (χ1v) is 22.0. The minimum Gasteiger partial charge on any atom is -0.503 e. The molecule has 3 saturated carbocycles. The first kappa shape index (κ1) is 41.7. The maximum absolute atomic E-state index is 14.3. The van der Waals surface area contributed by atoms with Crippen molar-refractivity contribution in [2.75, 3.05) is 44.2 Å². The van der Waals surface area contributed by atoms with Crippen molar-refractivity contribution in [1.82, 2.24) is 39.6 Å². The predicted octanol–water partition coefficient (Wildman–Crippen LogP) is 5.44. The van der Waals surface area contributed by atoms with Crippen LogP contribution in [0.1, 0.15) is 89.6 Å². The fourth-order valence-electron chi connectivity index (χ4n) is 9.93.